The first-order chi connectivity index (χ1) is 10.6. The van der Waals surface area contributed by atoms with E-state index >= 15 is 0 Å². The minimum atomic E-state index is -0.241. The molecule has 1 fully saturated rings. The minimum Gasteiger partial charge on any atom is -0.495 e. The number of aliphatic hydroxyl groups is 1. The maximum atomic E-state index is 12.3. The molecule has 2 rings (SSSR count). The number of urea groups is 1. The third-order valence-corrected chi connectivity index (χ3v) is 4.31. The van der Waals surface area contributed by atoms with Crippen LogP contribution in [0.5, 0.6) is 5.75 Å². The van der Waals surface area contributed by atoms with E-state index in [1.165, 1.54) is 6.42 Å². The van der Waals surface area contributed by atoms with Gasteiger partial charge in [0.25, 0.3) is 0 Å². The smallest absolute Gasteiger partial charge is 0.319 e. The number of ether oxygens (including phenoxy) is 1. The van der Waals surface area contributed by atoms with Crippen molar-refractivity contribution in [3.63, 3.8) is 0 Å². The molecule has 0 spiro atoms. The summed E-state index contributed by atoms with van der Waals surface area (Å²) in [7, 11) is 1.58. The maximum absolute atomic E-state index is 12.3. The number of nitrogens with one attached hydrogen (secondary N) is 2. The molecule has 1 aliphatic carbocycles. The quantitative estimate of drug-likeness (QED) is 0.749. The second kappa shape index (κ2) is 8.03. The molecule has 0 aromatic heterocycles. The number of amides is 2. The van der Waals surface area contributed by atoms with Crippen LogP contribution in [0.4, 0.5) is 10.5 Å². The summed E-state index contributed by atoms with van der Waals surface area (Å²) in [5.41, 5.74) is 1.72. The number of carbonyl (C=O) groups is 1. The minimum absolute atomic E-state index is 0.0308. The molecule has 1 saturated carbocycles. The monoisotopic (exact) mass is 306 g/mol. The molecule has 22 heavy (non-hydrogen) atoms. The van der Waals surface area contributed by atoms with Gasteiger partial charge < -0.3 is 20.5 Å². The molecule has 1 aromatic carbocycles. The van der Waals surface area contributed by atoms with Crippen LogP contribution in [-0.2, 0) is 0 Å². The molecule has 2 atom stereocenters. The van der Waals surface area contributed by atoms with E-state index in [2.05, 4.69) is 10.6 Å². The molecule has 0 bridgehead atoms. The van der Waals surface area contributed by atoms with Crippen LogP contribution in [0.3, 0.4) is 0 Å². The molecule has 3 N–H and O–H groups in total. The van der Waals surface area contributed by atoms with Gasteiger partial charge >= 0.3 is 6.03 Å². The summed E-state index contributed by atoms with van der Waals surface area (Å²) in [6, 6.07) is 5.45. The van der Waals surface area contributed by atoms with Gasteiger partial charge in [0.05, 0.1) is 12.8 Å². The van der Waals surface area contributed by atoms with Crippen molar-refractivity contribution in [2.24, 2.45) is 5.92 Å². The molecule has 2 amide bonds. The van der Waals surface area contributed by atoms with Crippen molar-refractivity contribution in [2.75, 3.05) is 19.0 Å². The van der Waals surface area contributed by atoms with Crippen LogP contribution in [0, 0.1) is 12.8 Å². The van der Waals surface area contributed by atoms with Gasteiger partial charge in [-0.3, -0.25) is 0 Å². The number of aliphatic hydroxyl groups excluding tert-OH is 1. The SMILES string of the molecule is COc1ccc(C)cc1NC(=O)NC1CCCCCC1CO. The van der Waals surface area contributed by atoms with Gasteiger partial charge in [0.15, 0.2) is 0 Å². The van der Waals surface area contributed by atoms with E-state index in [0.717, 1.165) is 31.2 Å². The number of rotatable bonds is 4. The van der Waals surface area contributed by atoms with Gasteiger partial charge in [0.1, 0.15) is 5.75 Å². The molecule has 1 aliphatic rings. The Morgan fingerprint density at radius 3 is 2.82 bits per heavy atom. The largest absolute Gasteiger partial charge is 0.495 e. The fourth-order valence-corrected chi connectivity index (χ4v) is 3.04. The molecule has 0 aliphatic heterocycles. The maximum Gasteiger partial charge on any atom is 0.319 e. The van der Waals surface area contributed by atoms with E-state index in [1.807, 2.05) is 25.1 Å². The molecule has 0 radical (unpaired) electrons. The van der Waals surface area contributed by atoms with Crippen LogP contribution in [0.2, 0.25) is 0 Å². The number of hydrogen-bond acceptors (Lipinski definition) is 3. The predicted octanol–water partition coefficient (Wildman–Crippen LogP) is 3.07. The molecule has 5 nitrogen and oxygen atoms in total. The average molecular weight is 306 g/mol. The highest BCUT2D eigenvalue weighted by Crippen LogP contribution is 2.26. The highest BCUT2D eigenvalue weighted by Gasteiger charge is 2.24. The molecule has 122 valence electrons. The number of hydrogen-bond donors (Lipinski definition) is 3. The van der Waals surface area contributed by atoms with Gasteiger partial charge in [0, 0.05) is 18.6 Å². The van der Waals surface area contributed by atoms with Crippen molar-refractivity contribution >= 4 is 11.7 Å². The zero-order valence-electron chi connectivity index (χ0n) is 13.4. The summed E-state index contributed by atoms with van der Waals surface area (Å²) in [4.78, 5) is 12.3. The normalized spacial score (nSPS) is 21.8. The van der Waals surface area contributed by atoms with Crippen LogP contribution in [0.25, 0.3) is 0 Å². The van der Waals surface area contributed by atoms with E-state index in [1.54, 1.807) is 7.11 Å². The van der Waals surface area contributed by atoms with Crippen LogP contribution in [0.15, 0.2) is 18.2 Å². The van der Waals surface area contributed by atoms with Crippen molar-refractivity contribution in [3.05, 3.63) is 23.8 Å². The lowest BCUT2D eigenvalue weighted by molar-refractivity contribution is 0.182. The fraction of sp³-hybridized carbons (Fsp3) is 0.588. The number of methoxy groups -OCH3 is 1. The second-order valence-electron chi connectivity index (χ2n) is 5.99. The molecule has 5 heteroatoms. The Labute approximate surface area is 132 Å². The van der Waals surface area contributed by atoms with Gasteiger partial charge in [-0.2, -0.15) is 0 Å². The lowest BCUT2D eigenvalue weighted by atomic mass is 9.96. The molecule has 1 aromatic rings. The summed E-state index contributed by atoms with van der Waals surface area (Å²) >= 11 is 0. The van der Waals surface area contributed by atoms with E-state index in [0.29, 0.717) is 11.4 Å². The van der Waals surface area contributed by atoms with Crippen molar-refractivity contribution < 1.29 is 14.6 Å². The zero-order chi connectivity index (χ0) is 15.9. The Hall–Kier alpha value is -1.75. The Morgan fingerprint density at radius 2 is 2.09 bits per heavy atom. The van der Waals surface area contributed by atoms with Crippen LogP contribution >= 0.6 is 0 Å². The standard InChI is InChI=1S/C17H26N2O3/c1-12-8-9-16(22-2)15(10-12)19-17(21)18-14-7-5-3-4-6-13(14)11-20/h8-10,13-14,20H,3-7,11H2,1-2H3,(H2,18,19,21). The van der Waals surface area contributed by atoms with E-state index in [-0.39, 0.29) is 24.6 Å². The highest BCUT2D eigenvalue weighted by atomic mass is 16.5. The lowest BCUT2D eigenvalue weighted by Gasteiger charge is -2.24. The Balaban J connectivity index is 2.01. The second-order valence-corrected chi connectivity index (χ2v) is 5.99. The number of benzene rings is 1. The first kappa shape index (κ1) is 16.6. The van der Waals surface area contributed by atoms with Gasteiger partial charge in [-0.25, -0.2) is 4.79 Å². The average Bonchev–Trinajstić information content (AvgIpc) is 2.72. The van der Waals surface area contributed by atoms with Crippen molar-refractivity contribution in [1.29, 1.82) is 0 Å². The molecular weight excluding hydrogens is 280 g/mol. The molecule has 2 unspecified atom stereocenters. The third kappa shape index (κ3) is 4.37. The Bertz CT molecular complexity index is 505. The van der Waals surface area contributed by atoms with E-state index in [9.17, 15) is 9.90 Å². The van der Waals surface area contributed by atoms with Gasteiger partial charge in [0.2, 0.25) is 0 Å². The summed E-state index contributed by atoms with van der Waals surface area (Å²) in [5.74, 6) is 0.785. The van der Waals surface area contributed by atoms with Crippen LogP contribution in [0.1, 0.15) is 37.7 Å². The van der Waals surface area contributed by atoms with Gasteiger partial charge in [-0.15, -0.1) is 0 Å². The summed E-state index contributed by atoms with van der Waals surface area (Å²) in [5, 5.41) is 15.4. The number of anilines is 1. The van der Waals surface area contributed by atoms with Gasteiger partial charge in [-0.1, -0.05) is 25.3 Å². The third-order valence-electron chi connectivity index (χ3n) is 4.31. The summed E-state index contributed by atoms with van der Waals surface area (Å²) in [6.07, 6.45) is 5.27. The van der Waals surface area contributed by atoms with Crippen molar-refractivity contribution in [3.8, 4) is 5.75 Å². The number of carbonyl (C=O) groups excluding carboxylic acids is 1. The van der Waals surface area contributed by atoms with Crippen molar-refractivity contribution in [1.82, 2.24) is 5.32 Å². The summed E-state index contributed by atoms with van der Waals surface area (Å²) < 4.78 is 5.27. The van der Waals surface area contributed by atoms with E-state index < -0.39 is 0 Å². The fourth-order valence-electron chi connectivity index (χ4n) is 3.04. The zero-order valence-corrected chi connectivity index (χ0v) is 13.4. The number of aryl methyl sites for hydroxylation is 1. The first-order valence-electron chi connectivity index (χ1n) is 7.97. The first-order valence-corrected chi connectivity index (χ1v) is 7.97. The summed E-state index contributed by atoms with van der Waals surface area (Å²) in [6.45, 7) is 2.09. The van der Waals surface area contributed by atoms with Gasteiger partial charge in [-0.05, 0) is 37.5 Å². The molecule has 0 heterocycles. The Kier molecular flexibility index (Phi) is 6.07. The Morgan fingerprint density at radius 1 is 1.32 bits per heavy atom. The topological polar surface area (TPSA) is 70.6 Å². The van der Waals surface area contributed by atoms with Crippen LogP contribution < -0.4 is 15.4 Å². The predicted molar refractivity (Wildman–Crippen MR) is 87.3 cm³/mol. The lowest BCUT2D eigenvalue weighted by Crippen LogP contribution is -2.43. The van der Waals surface area contributed by atoms with Crippen molar-refractivity contribution in [2.45, 2.75) is 45.1 Å². The van der Waals surface area contributed by atoms with Crippen LogP contribution in [-0.4, -0.2) is 30.9 Å². The molecule has 0 saturated heterocycles. The molecular formula is C17H26N2O3. The van der Waals surface area contributed by atoms with E-state index in [4.69, 9.17) is 4.74 Å². The highest BCUT2D eigenvalue weighted by molar-refractivity contribution is 5.91.